The smallest absolute Gasteiger partial charge is 0.161 e. The van der Waals surface area contributed by atoms with Gasteiger partial charge in [0.05, 0.1) is 0 Å². The third-order valence-corrected chi connectivity index (χ3v) is 6.91. The second-order valence-corrected chi connectivity index (χ2v) is 9.54. The van der Waals surface area contributed by atoms with Crippen LogP contribution in [0.15, 0.2) is 30.3 Å². The summed E-state index contributed by atoms with van der Waals surface area (Å²) in [6.07, 6.45) is 22.4. The highest BCUT2D eigenvalue weighted by Crippen LogP contribution is 2.27. The molecule has 1 aliphatic carbocycles. The van der Waals surface area contributed by atoms with Crippen LogP contribution in [-0.2, 0) is 11.2 Å². The first kappa shape index (κ1) is 25.1. The first-order chi connectivity index (χ1) is 14.8. The maximum atomic E-state index is 12.2. The molecule has 1 aliphatic rings. The lowest BCUT2D eigenvalue weighted by Gasteiger charge is -2.25. The summed E-state index contributed by atoms with van der Waals surface area (Å²) in [4.78, 5) is 12.2. The van der Waals surface area contributed by atoms with Gasteiger partial charge in [0, 0.05) is 6.42 Å². The second kappa shape index (κ2) is 16.5. The monoisotopic (exact) mass is 414 g/mol. The second-order valence-electron chi connectivity index (χ2n) is 9.54. The van der Waals surface area contributed by atoms with E-state index in [1.54, 1.807) is 0 Å². The third kappa shape index (κ3) is 11.3. The normalized spacial score (nSPS) is 15.9. The van der Waals surface area contributed by atoms with Crippen molar-refractivity contribution in [3.63, 3.8) is 0 Å². The van der Waals surface area contributed by atoms with E-state index in [0.717, 1.165) is 25.7 Å². The Bertz CT molecular complexity index is 533. The van der Waals surface area contributed by atoms with Gasteiger partial charge in [0.25, 0.3) is 0 Å². The van der Waals surface area contributed by atoms with Crippen molar-refractivity contribution in [2.45, 2.75) is 128 Å². The number of carbonyl (C=O) groups excluding carboxylic acids is 1. The zero-order valence-electron chi connectivity index (χ0n) is 19.3. The molecule has 0 amide bonds. The number of Topliss-reactive ketones (excluding diaryl/α,β-unsaturated/α-hetero) is 1. The molecule has 0 aliphatic heterocycles. The van der Waals surface area contributed by atoms with Crippen molar-refractivity contribution >= 4 is 5.78 Å². The van der Waals surface area contributed by atoms with Crippen molar-refractivity contribution in [3.8, 4) is 0 Å². The Balaban J connectivity index is 1.30. The molecule has 1 aromatic rings. The Morgan fingerprint density at radius 2 is 1.23 bits per heavy atom. The van der Waals surface area contributed by atoms with Gasteiger partial charge in [-0.25, -0.2) is 0 Å². The Morgan fingerprint density at radius 1 is 0.733 bits per heavy atom. The van der Waals surface area contributed by atoms with Gasteiger partial charge in [0.1, 0.15) is 6.10 Å². The maximum absolute atomic E-state index is 12.2. The molecule has 1 saturated carbocycles. The molecule has 1 aromatic carbocycles. The molecular formula is C28H46O2. The fourth-order valence-electron chi connectivity index (χ4n) is 4.90. The van der Waals surface area contributed by atoms with Crippen molar-refractivity contribution in [1.82, 2.24) is 0 Å². The average Bonchev–Trinajstić information content (AvgIpc) is 2.80. The molecule has 0 bridgehead atoms. The van der Waals surface area contributed by atoms with Gasteiger partial charge in [0.15, 0.2) is 5.78 Å². The lowest BCUT2D eigenvalue weighted by atomic mass is 9.83. The molecule has 2 heteroatoms. The standard InChI is InChI=1S/C28H46O2/c29-27(28(30)26-22-16-12-17-23-26)24-18-10-8-6-4-2-1-3-5-7-9-13-19-25-20-14-11-15-21-25/h11,14-15,20-21,26,28,30H,1-10,12-13,16-19,22-24H2. The number of benzene rings is 1. The summed E-state index contributed by atoms with van der Waals surface area (Å²) in [7, 11) is 0. The zero-order valence-corrected chi connectivity index (χ0v) is 19.3. The first-order valence-corrected chi connectivity index (χ1v) is 13.0. The van der Waals surface area contributed by atoms with E-state index in [1.165, 1.54) is 95.5 Å². The lowest BCUT2D eigenvalue weighted by Crippen LogP contribution is -2.30. The quantitative estimate of drug-likeness (QED) is 0.264. The van der Waals surface area contributed by atoms with Crippen molar-refractivity contribution in [2.24, 2.45) is 5.92 Å². The van der Waals surface area contributed by atoms with Crippen LogP contribution in [0.25, 0.3) is 0 Å². The van der Waals surface area contributed by atoms with Crippen LogP contribution in [-0.4, -0.2) is 17.0 Å². The predicted molar refractivity (Wildman–Crippen MR) is 128 cm³/mol. The summed E-state index contributed by atoms with van der Waals surface area (Å²) in [5, 5.41) is 10.2. The highest BCUT2D eigenvalue weighted by Gasteiger charge is 2.26. The zero-order chi connectivity index (χ0) is 21.3. The molecule has 1 unspecified atom stereocenters. The van der Waals surface area contributed by atoms with E-state index in [-0.39, 0.29) is 11.7 Å². The van der Waals surface area contributed by atoms with Crippen LogP contribution < -0.4 is 0 Å². The number of aryl methyl sites for hydroxylation is 1. The van der Waals surface area contributed by atoms with E-state index in [4.69, 9.17) is 0 Å². The van der Waals surface area contributed by atoms with Gasteiger partial charge in [0.2, 0.25) is 0 Å². The average molecular weight is 415 g/mol. The fourth-order valence-corrected chi connectivity index (χ4v) is 4.90. The molecule has 1 atom stereocenters. The first-order valence-electron chi connectivity index (χ1n) is 13.0. The van der Waals surface area contributed by atoms with Crippen LogP contribution in [0.2, 0.25) is 0 Å². The van der Waals surface area contributed by atoms with Crippen LogP contribution in [0.3, 0.4) is 0 Å². The maximum Gasteiger partial charge on any atom is 0.161 e. The lowest BCUT2D eigenvalue weighted by molar-refractivity contribution is -0.130. The molecule has 170 valence electrons. The van der Waals surface area contributed by atoms with E-state index in [1.807, 2.05) is 0 Å². The Kier molecular flexibility index (Phi) is 13.8. The van der Waals surface area contributed by atoms with Gasteiger partial charge < -0.3 is 5.11 Å². The molecule has 0 aromatic heterocycles. The molecule has 2 rings (SSSR count). The summed E-state index contributed by atoms with van der Waals surface area (Å²) in [6, 6.07) is 10.8. The summed E-state index contributed by atoms with van der Waals surface area (Å²) < 4.78 is 0. The minimum absolute atomic E-state index is 0.102. The SMILES string of the molecule is O=C(CCCCCCCCCCCCCCc1ccccc1)C(O)C1CCCCC1. The van der Waals surface area contributed by atoms with Crippen molar-refractivity contribution in [3.05, 3.63) is 35.9 Å². The van der Waals surface area contributed by atoms with Gasteiger partial charge >= 0.3 is 0 Å². The number of carbonyl (C=O) groups is 1. The Hall–Kier alpha value is -1.15. The number of aliphatic hydroxyl groups is 1. The molecule has 1 N–H and O–H groups in total. The molecule has 0 heterocycles. The minimum atomic E-state index is -0.677. The van der Waals surface area contributed by atoms with Crippen LogP contribution in [0.4, 0.5) is 0 Å². The largest absolute Gasteiger partial charge is 0.385 e. The molecule has 0 radical (unpaired) electrons. The number of rotatable bonds is 17. The number of hydrogen-bond donors (Lipinski definition) is 1. The summed E-state index contributed by atoms with van der Waals surface area (Å²) in [6.45, 7) is 0. The third-order valence-electron chi connectivity index (χ3n) is 6.91. The van der Waals surface area contributed by atoms with E-state index in [2.05, 4.69) is 30.3 Å². The van der Waals surface area contributed by atoms with Gasteiger partial charge in [-0.3, -0.25) is 4.79 Å². The van der Waals surface area contributed by atoms with E-state index in [0.29, 0.717) is 6.42 Å². The molecule has 1 fully saturated rings. The van der Waals surface area contributed by atoms with Crippen molar-refractivity contribution < 1.29 is 9.90 Å². The van der Waals surface area contributed by atoms with Gasteiger partial charge in [-0.05, 0) is 43.6 Å². The Labute approximate surface area is 185 Å². The van der Waals surface area contributed by atoms with Gasteiger partial charge in [-0.1, -0.05) is 114 Å². The number of ketones is 1. The van der Waals surface area contributed by atoms with E-state index in [9.17, 15) is 9.90 Å². The highest BCUT2D eigenvalue weighted by atomic mass is 16.3. The highest BCUT2D eigenvalue weighted by molar-refractivity contribution is 5.83. The molecular weight excluding hydrogens is 368 g/mol. The van der Waals surface area contributed by atoms with E-state index < -0.39 is 6.10 Å². The molecule has 2 nitrogen and oxygen atoms in total. The minimum Gasteiger partial charge on any atom is -0.385 e. The van der Waals surface area contributed by atoms with Crippen LogP contribution >= 0.6 is 0 Å². The summed E-state index contributed by atoms with van der Waals surface area (Å²) >= 11 is 0. The molecule has 0 saturated heterocycles. The topological polar surface area (TPSA) is 37.3 Å². The predicted octanol–water partition coefficient (Wildman–Crippen LogP) is 7.81. The number of hydrogen-bond acceptors (Lipinski definition) is 2. The van der Waals surface area contributed by atoms with Crippen LogP contribution in [0.5, 0.6) is 0 Å². The Morgan fingerprint density at radius 3 is 1.80 bits per heavy atom. The summed E-state index contributed by atoms with van der Waals surface area (Å²) in [5.74, 6) is 0.348. The van der Waals surface area contributed by atoms with Gasteiger partial charge in [-0.2, -0.15) is 0 Å². The van der Waals surface area contributed by atoms with E-state index >= 15 is 0 Å². The van der Waals surface area contributed by atoms with Crippen molar-refractivity contribution in [1.29, 1.82) is 0 Å². The van der Waals surface area contributed by atoms with Gasteiger partial charge in [-0.15, -0.1) is 0 Å². The van der Waals surface area contributed by atoms with Crippen molar-refractivity contribution in [2.75, 3.05) is 0 Å². The van der Waals surface area contributed by atoms with Crippen LogP contribution in [0, 0.1) is 5.92 Å². The summed E-state index contributed by atoms with van der Waals surface area (Å²) in [5.41, 5.74) is 1.47. The van der Waals surface area contributed by atoms with Crippen LogP contribution in [0.1, 0.15) is 121 Å². The molecule has 0 spiro atoms. The number of unbranched alkanes of at least 4 members (excludes halogenated alkanes) is 11. The number of aliphatic hydroxyl groups excluding tert-OH is 1. The molecule has 30 heavy (non-hydrogen) atoms. The fraction of sp³-hybridized carbons (Fsp3) is 0.750.